The molecule has 130 valence electrons. The molecular weight excluding hydrogens is 358 g/mol. The van der Waals surface area contributed by atoms with Crippen molar-refractivity contribution in [2.24, 2.45) is 0 Å². The van der Waals surface area contributed by atoms with Gasteiger partial charge in [-0.2, -0.15) is 0 Å². The Morgan fingerprint density at radius 3 is 2.50 bits per heavy atom. The van der Waals surface area contributed by atoms with Crippen LogP contribution in [0, 0.1) is 18.6 Å². The number of thiophene rings is 1. The number of nitrogens with zero attached hydrogens (tertiary/aromatic N) is 1. The maximum Gasteiger partial charge on any atom is 0.250 e. The predicted octanol–water partition coefficient (Wildman–Crippen LogP) is 2.67. The third-order valence-electron chi connectivity index (χ3n) is 3.19. The average Bonchev–Trinajstić information content (AvgIpc) is 2.92. The van der Waals surface area contributed by atoms with Crippen molar-refractivity contribution in [3.8, 4) is 0 Å². The predicted molar refractivity (Wildman–Crippen MR) is 88.6 cm³/mol. The van der Waals surface area contributed by atoms with Crippen LogP contribution in [0.15, 0.2) is 34.5 Å². The molecule has 0 spiro atoms. The second-order valence-corrected chi connectivity index (χ2v) is 8.31. The van der Waals surface area contributed by atoms with Crippen LogP contribution in [-0.2, 0) is 14.8 Å². The molecule has 5 nitrogen and oxygen atoms in total. The Morgan fingerprint density at radius 1 is 1.25 bits per heavy atom. The quantitative estimate of drug-likeness (QED) is 0.845. The molecule has 1 N–H and O–H groups in total. The summed E-state index contributed by atoms with van der Waals surface area (Å²) in [5, 5.41) is 0. The first-order valence-corrected chi connectivity index (χ1v) is 9.30. The second-order valence-electron chi connectivity index (χ2n) is 5.03. The molecule has 0 aliphatic rings. The highest BCUT2D eigenvalue weighted by molar-refractivity contribution is 7.91. The van der Waals surface area contributed by atoms with Crippen molar-refractivity contribution in [2.45, 2.75) is 18.1 Å². The van der Waals surface area contributed by atoms with E-state index in [-0.39, 0.29) is 23.0 Å². The first-order chi connectivity index (χ1) is 11.2. The van der Waals surface area contributed by atoms with Crippen molar-refractivity contribution in [3.63, 3.8) is 0 Å². The minimum atomic E-state index is -3.68. The van der Waals surface area contributed by atoms with Crippen molar-refractivity contribution >= 4 is 33.0 Å². The number of carbonyl (C=O) groups excluding carboxylic acids is 1. The molecule has 1 amide bonds. The molecule has 1 aromatic carbocycles. The number of aryl methyl sites for hydroxylation is 1. The van der Waals surface area contributed by atoms with Crippen LogP contribution in [0.4, 0.5) is 14.5 Å². The highest BCUT2D eigenvalue weighted by Crippen LogP contribution is 2.21. The molecule has 0 radical (unpaired) electrons. The molecule has 0 bridgehead atoms. The van der Waals surface area contributed by atoms with E-state index in [9.17, 15) is 22.0 Å². The first kappa shape index (κ1) is 18.5. The summed E-state index contributed by atoms with van der Waals surface area (Å²) >= 11 is 1.13. The lowest BCUT2D eigenvalue weighted by Crippen LogP contribution is -2.37. The van der Waals surface area contributed by atoms with Crippen molar-refractivity contribution in [2.75, 3.05) is 18.0 Å². The van der Waals surface area contributed by atoms with Gasteiger partial charge in [-0.05, 0) is 31.2 Å². The number of carbonyl (C=O) groups is 1. The van der Waals surface area contributed by atoms with Gasteiger partial charge < -0.3 is 4.90 Å². The lowest BCUT2D eigenvalue weighted by molar-refractivity contribution is -0.116. The number of benzene rings is 1. The van der Waals surface area contributed by atoms with E-state index in [1.807, 2.05) is 0 Å². The lowest BCUT2D eigenvalue weighted by atomic mass is 10.2. The van der Waals surface area contributed by atoms with Gasteiger partial charge in [0.2, 0.25) is 15.9 Å². The van der Waals surface area contributed by atoms with Gasteiger partial charge in [0.05, 0.1) is 5.69 Å². The Hall–Kier alpha value is -1.84. The fourth-order valence-electron chi connectivity index (χ4n) is 2.07. The van der Waals surface area contributed by atoms with Crippen LogP contribution >= 0.6 is 11.3 Å². The van der Waals surface area contributed by atoms with Gasteiger partial charge in [-0.25, -0.2) is 21.9 Å². The van der Waals surface area contributed by atoms with Crippen molar-refractivity contribution in [1.29, 1.82) is 0 Å². The van der Waals surface area contributed by atoms with E-state index in [1.165, 1.54) is 13.0 Å². The maximum absolute atomic E-state index is 13.8. The summed E-state index contributed by atoms with van der Waals surface area (Å²) in [6, 6.07) is 6.03. The van der Waals surface area contributed by atoms with Crippen LogP contribution in [0.3, 0.4) is 0 Å². The monoisotopic (exact) mass is 374 g/mol. The molecule has 2 aromatic rings. The largest absolute Gasteiger partial charge is 0.309 e. The van der Waals surface area contributed by atoms with Crippen LogP contribution in [0.1, 0.15) is 11.8 Å². The number of sulfonamides is 1. The third kappa shape index (κ3) is 4.37. The topological polar surface area (TPSA) is 66.5 Å². The van der Waals surface area contributed by atoms with Gasteiger partial charge in [0, 0.05) is 31.0 Å². The Morgan fingerprint density at radius 2 is 1.96 bits per heavy atom. The number of amides is 1. The molecule has 0 aliphatic carbocycles. The number of halogens is 2. The summed E-state index contributed by atoms with van der Waals surface area (Å²) in [5.41, 5.74) is -0.102. The fraction of sp³-hybridized carbons (Fsp3) is 0.267. The molecule has 1 heterocycles. The summed E-state index contributed by atoms with van der Waals surface area (Å²) in [6.45, 7) is 2.83. The zero-order valence-electron chi connectivity index (χ0n) is 13.0. The van der Waals surface area contributed by atoms with Crippen molar-refractivity contribution in [3.05, 3.63) is 46.8 Å². The molecule has 0 unspecified atom stereocenters. The van der Waals surface area contributed by atoms with E-state index < -0.39 is 27.6 Å². The molecule has 0 aliphatic heterocycles. The number of nitrogens with one attached hydrogen (secondary N) is 1. The highest BCUT2D eigenvalue weighted by atomic mass is 32.2. The SMILES string of the molecule is CC(=O)N(CCNS(=O)(=O)c1ccc(C)s1)c1ccc(F)cc1F. The second kappa shape index (κ2) is 7.37. The van der Waals surface area contributed by atoms with E-state index in [0.717, 1.165) is 33.2 Å². The molecule has 24 heavy (non-hydrogen) atoms. The minimum absolute atomic E-state index is 0.0819. The number of rotatable bonds is 6. The Balaban J connectivity index is 2.08. The average molecular weight is 374 g/mol. The van der Waals surface area contributed by atoms with Gasteiger partial charge in [0.1, 0.15) is 15.8 Å². The molecule has 0 fully saturated rings. The normalized spacial score (nSPS) is 11.5. The lowest BCUT2D eigenvalue weighted by Gasteiger charge is -2.21. The third-order valence-corrected chi connectivity index (χ3v) is 6.14. The van der Waals surface area contributed by atoms with Gasteiger partial charge in [-0.15, -0.1) is 11.3 Å². The van der Waals surface area contributed by atoms with E-state index in [4.69, 9.17) is 0 Å². The zero-order chi connectivity index (χ0) is 17.9. The summed E-state index contributed by atoms with van der Waals surface area (Å²) in [7, 11) is -3.68. The van der Waals surface area contributed by atoms with Crippen molar-refractivity contribution < 1.29 is 22.0 Å². The summed E-state index contributed by atoms with van der Waals surface area (Å²) in [6.07, 6.45) is 0. The van der Waals surface area contributed by atoms with Crippen LogP contribution in [-0.4, -0.2) is 27.4 Å². The summed E-state index contributed by atoms with van der Waals surface area (Å²) in [5.74, 6) is -2.12. The zero-order valence-corrected chi connectivity index (χ0v) is 14.7. The van der Waals surface area contributed by atoms with E-state index in [1.54, 1.807) is 13.0 Å². The highest BCUT2D eigenvalue weighted by Gasteiger charge is 2.19. The molecule has 0 saturated carbocycles. The van der Waals surface area contributed by atoms with Crippen LogP contribution < -0.4 is 9.62 Å². The molecule has 2 rings (SSSR count). The summed E-state index contributed by atoms with van der Waals surface area (Å²) < 4.78 is 53.6. The molecule has 0 saturated heterocycles. The molecule has 9 heteroatoms. The number of hydrogen-bond donors (Lipinski definition) is 1. The van der Waals surface area contributed by atoms with E-state index >= 15 is 0 Å². The smallest absolute Gasteiger partial charge is 0.250 e. The number of hydrogen-bond acceptors (Lipinski definition) is 4. The van der Waals surface area contributed by atoms with Gasteiger partial charge in [0.25, 0.3) is 0 Å². The summed E-state index contributed by atoms with van der Waals surface area (Å²) in [4.78, 5) is 13.6. The first-order valence-electron chi connectivity index (χ1n) is 7.00. The minimum Gasteiger partial charge on any atom is -0.309 e. The van der Waals surface area contributed by atoms with Crippen LogP contribution in [0.2, 0.25) is 0 Å². The van der Waals surface area contributed by atoms with Crippen molar-refractivity contribution in [1.82, 2.24) is 4.72 Å². The van der Waals surface area contributed by atoms with Gasteiger partial charge in [-0.1, -0.05) is 0 Å². The molecule has 1 aromatic heterocycles. The Labute approximate surface area is 143 Å². The standard InChI is InChI=1S/C15H16F2N2O3S2/c1-10-3-6-15(23-10)24(21,22)18-7-8-19(11(2)20)14-5-4-12(16)9-13(14)17/h3-6,9,18H,7-8H2,1-2H3. The van der Waals surface area contributed by atoms with Gasteiger partial charge in [0.15, 0.2) is 0 Å². The van der Waals surface area contributed by atoms with Gasteiger partial charge in [-0.3, -0.25) is 4.79 Å². The maximum atomic E-state index is 13.8. The molecule has 0 atom stereocenters. The van der Waals surface area contributed by atoms with Crippen LogP contribution in [0.25, 0.3) is 0 Å². The van der Waals surface area contributed by atoms with Crippen LogP contribution in [0.5, 0.6) is 0 Å². The Bertz CT molecular complexity index is 850. The Kier molecular flexibility index (Phi) is 5.68. The van der Waals surface area contributed by atoms with E-state index in [0.29, 0.717) is 6.07 Å². The number of anilines is 1. The fourth-order valence-corrected chi connectivity index (χ4v) is 4.42. The molecular formula is C15H16F2N2O3S2. The van der Waals surface area contributed by atoms with E-state index in [2.05, 4.69) is 4.72 Å². The van der Waals surface area contributed by atoms with Gasteiger partial charge >= 0.3 is 0 Å².